The van der Waals surface area contributed by atoms with Crippen LogP contribution in [0.3, 0.4) is 0 Å². The van der Waals surface area contributed by atoms with E-state index in [9.17, 15) is 18.0 Å². The molecule has 2 rings (SSSR count). The minimum atomic E-state index is -4.66. The molecule has 5 nitrogen and oxygen atoms in total. The highest BCUT2D eigenvalue weighted by Gasteiger charge is 2.38. The van der Waals surface area contributed by atoms with Crippen molar-refractivity contribution in [1.29, 1.82) is 0 Å². The quantitative estimate of drug-likeness (QED) is 0.862. The molecule has 1 aromatic carbocycles. The molecule has 0 aliphatic rings. The van der Waals surface area contributed by atoms with Crippen LogP contribution in [-0.4, -0.2) is 27.0 Å². The van der Waals surface area contributed by atoms with Crippen molar-refractivity contribution in [3.05, 3.63) is 35.7 Å². The molecule has 0 saturated heterocycles. The molecule has 0 aliphatic heterocycles. The molecule has 0 saturated carbocycles. The Morgan fingerprint density at radius 1 is 1.26 bits per heavy atom. The molecule has 0 bridgehead atoms. The predicted octanol–water partition coefficient (Wildman–Crippen LogP) is 3.51. The Labute approximate surface area is 131 Å². The molecule has 2 aromatic rings. The van der Waals surface area contributed by atoms with Gasteiger partial charge in [-0.25, -0.2) is 0 Å². The maximum atomic E-state index is 12.4. The third-order valence-electron chi connectivity index (χ3n) is 3.26. The van der Waals surface area contributed by atoms with Crippen molar-refractivity contribution in [3.8, 4) is 11.4 Å². The molecule has 23 heavy (non-hydrogen) atoms. The molecule has 0 spiro atoms. The van der Waals surface area contributed by atoms with Crippen LogP contribution in [0.15, 0.2) is 28.8 Å². The Kier molecular flexibility index (Phi) is 4.72. The number of carbonyl (C=O) groups excluding carboxylic acids is 1. The number of halogens is 3. The van der Waals surface area contributed by atoms with Gasteiger partial charge < -0.3 is 9.42 Å². The van der Waals surface area contributed by atoms with Gasteiger partial charge in [0.25, 0.3) is 0 Å². The average Bonchev–Trinajstić information content (AvgIpc) is 2.94. The predicted molar refractivity (Wildman–Crippen MR) is 76.1 cm³/mol. The van der Waals surface area contributed by atoms with E-state index in [-0.39, 0.29) is 17.8 Å². The minimum Gasteiger partial charge on any atom is -0.336 e. The van der Waals surface area contributed by atoms with Gasteiger partial charge in [-0.1, -0.05) is 29.4 Å². The largest absolute Gasteiger partial charge is 0.471 e. The fraction of sp³-hybridized carbons (Fsp3) is 0.400. The summed E-state index contributed by atoms with van der Waals surface area (Å²) in [5, 5.41) is 3.33. The van der Waals surface area contributed by atoms with Gasteiger partial charge in [0.15, 0.2) is 0 Å². The van der Waals surface area contributed by atoms with Crippen molar-refractivity contribution in [2.45, 2.75) is 39.5 Å². The smallest absolute Gasteiger partial charge is 0.336 e. The number of benzene rings is 1. The zero-order valence-electron chi connectivity index (χ0n) is 12.9. The molecule has 0 aliphatic carbocycles. The van der Waals surface area contributed by atoms with Gasteiger partial charge in [0, 0.05) is 25.1 Å². The number of aromatic nitrogens is 2. The van der Waals surface area contributed by atoms with E-state index >= 15 is 0 Å². The summed E-state index contributed by atoms with van der Waals surface area (Å²) in [5.74, 6) is -1.55. The highest BCUT2D eigenvalue weighted by molar-refractivity contribution is 5.73. The monoisotopic (exact) mass is 327 g/mol. The first-order valence-electron chi connectivity index (χ1n) is 6.96. The number of alkyl halides is 3. The van der Waals surface area contributed by atoms with Crippen LogP contribution >= 0.6 is 0 Å². The Hall–Kier alpha value is -2.38. The van der Waals surface area contributed by atoms with E-state index in [2.05, 4.69) is 14.7 Å². The summed E-state index contributed by atoms with van der Waals surface area (Å²) in [4.78, 5) is 16.6. The SMILES string of the molecule is CC(=O)N(Cc1ccc(-c2noc(C(F)(F)F)n2)cc1)C(C)C. The lowest BCUT2D eigenvalue weighted by Gasteiger charge is -2.25. The normalized spacial score (nSPS) is 11.8. The van der Waals surface area contributed by atoms with Crippen LogP contribution in [-0.2, 0) is 17.5 Å². The molecular weight excluding hydrogens is 311 g/mol. The number of carbonyl (C=O) groups is 1. The standard InChI is InChI=1S/C15H16F3N3O2/c1-9(2)21(10(3)22)8-11-4-6-12(7-5-11)13-19-14(23-20-13)15(16,17)18/h4-7,9H,8H2,1-3H3. The van der Waals surface area contributed by atoms with E-state index in [4.69, 9.17) is 0 Å². The lowest BCUT2D eigenvalue weighted by Crippen LogP contribution is -2.34. The highest BCUT2D eigenvalue weighted by atomic mass is 19.4. The molecule has 1 aromatic heterocycles. The van der Waals surface area contributed by atoms with E-state index in [0.29, 0.717) is 12.1 Å². The van der Waals surface area contributed by atoms with Crippen LogP contribution in [0.1, 0.15) is 32.2 Å². The number of amides is 1. The first kappa shape index (κ1) is 17.0. The second-order valence-corrected chi connectivity index (χ2v) is 5.36. The second-order valence-electron chi connectivity index (χ2n) is 5.36. The van der Waals surface area contributed by atoms with Crippen LogP contribution in [0.4, 0.5) is 13.2 Å². The van der Waals surface area contributed by atoms with Crippen LogP contribution in [0.25, 0.3) is 11.4 Å². The zero-order chi connectivity index (χ0) is 17.2. The van der Waals surface area contributed by atoms with Crippen molar-refractivity contribution in [3.63, 3.8) is 0 Å². The van der Waals surface area contributed by atoms with Gasteiger partial charge in [-0.15, -0.1) is 0 Å². The molecule has 1 heterocycles. The van der Waals surface area contributed by atoms with Crippen molar-refractivity contribution in [2.75, 3.05) is 0 Å². The first-order valence-corrected chi connectivity index (χ1v) is 6.96. The summed E-state index contributed by atoms with van der Waals surface area (Å²) in [6.45, 7) is 5.74. The molecule has 0 unspecified atom stereocenters. The summed E-state index contributed by atoms with van der Waals surface area (Å²) < 4.78 is 41.5. The Bertz CT molecular complexity index is 678. The molecule has 0 atom stereocenters. The molecule has 8 heteroatoms. The van der Waals surface area contributed by atoms with E-state index in [1.165, 1.54) is 6.92 Å². The van der Waals surface area contributed by atoms with Gasteiger partial charge in [0.1, 0.15) is 0 Å². The van der Waals surface area contributed by atoms with Gasteiger partial charge in [0.2, 0.25) is 11.7 Å². The zero-order valence-corrected chi connectivity index (χ0v) is 12.9. The van der Waals surface area contributed by atoms with Crippen molar-refractivity contribution in [2.24, 2.45) is 0 Å². The molecule has 124 valence electrons. The highest BCUT2D eigenvalue weighted by Crippen LogP contribution is 2.29. The maximum absolute atomic E-state index is 12.4. The molecule has 0 fully saturated rings. The summed E-state index contributed by atoms with van der Waals surface area (Å²) in [6, 6.07) is 6.69. The average molecular weight is 327 g/mol. The van der Waals surface area contributed by atoms with E-state index in [1.807, 2.05) is 13.8 Å². The Balaban J connectivity index is 2.16. The van der Waals surface area contributed by atoms with Crippen LogP contribution < -0.4 is 0 Å². The van der Waals surface area contributed by atoms with Gasteiger partial charge in [0.05, 0.1) is 0 Å². The Morgan fingerprint density at radius 3 is 2.30 bits per heavy atom. The fourth-order valence-corrected chi connectivity index (χ4v) is 2.07. The van der Waals surface area contributed by atoms with E-state index in [0.717, 1.165) is 5.56 Å². The number of nitrogens with zero attached hydrogens (tertiary/aromatic N) is 3. The molecule has 0 N–H and O–H groups in total. The van der Waals surface area contributed by atoms with E-state index in [1.54, 1.807) is 29.2 Å². The summed E-state index contributed by atoms with van der Waals surface area (Å²) in [5.41, 5.74) is 1.27. The lowest BCUT2D eigenvalue weighted by atomic mass is 10.1. The lowest BCUT2D eigenvalue weighted by molar-refractivity contribution is -0.159. The van der Waals surface area contributed by atoms with Gasteiger partial charge in [-0.05, 0) is 19.4 Å². The van der Waals surface area contributed by atoms with E-state index < -0.39 is 12.1 Å². The van der Waals surface area contributed by atoms with Crippen LogP contribution in [0.2, 0.25) is 0 Å². The molecular formula is C15H16F3N3O2. The van der Waals surface area contributed by atoms with Gasteiger partial charge in [-0.2, -0.15) is 18.2 Å². The van der Waals surface area contributed by atoms with Crippen molar-refractivity contribution in [1.82, 2.24) is 15.0 Å². The topological polar surface area (TPSA) is 59.2 Å². The molecule has 1 amide bonds. The summed E-state index contributed by atoms with van der Waals surface area (Å²) in [7, 11) is 0. The van der Waals surface area contributed by atoms with Gasteiger partial charge in [-0.3, -0.25) is 4.79 Å². The van der Waals surface area contributed by atoms with Crippen LogP contribution in [0.5, 0.6) is 0 Å². The minimum absolute atomic E-state index is 0.0444. The Morgan fingerprint density at radius 2 is 1.87 bits per heavy atom. The van der Waals surface area contributed by atoms with Gasteiger partial charge >= 0.3 is 12.1 Å². The molecule has 0 radical (unpaired) electrons. The van der Waals surface area contributed by atoms with Crippen molar-refractivity contribution < 1.29 is 22.5 Å². The second kappa shape index (κ2) is 6.39. The fourth-order valence-electron chi connectivity index (χ4n) is 2.07. The van der Waals surface area contributed by atoms with Crippen molar-refractivity contribution >= 4 is 5.91 Å². The summed E-state index contributed by atoms with van der Waals surface area (Å²) in [6.07, 6.45) is -4.66. The number of hydrogen-bond acceptors (Lipinski definition) is 4. The summed E-state index contributed by atoms with van der Waals surface area (Å²) >= 11 is 0. The number of rotatable bonds is 4. The van der Waals surface area contributed by atoms with Crippen LogP contribution in [0, 0.1) is 0 Å². The maximum Gasteiger partial charge on any atom is 0.471 e. The third kappa shape index (κ3) is 4.08. The first-order chi connectivity index (χ1) is 10.7. The number of hydrogen-bond donors (Lipinski definition) is 0. The third-order valence-corrected chi connectivity index (χ3v) is 3.26.